The Hall–Kier alpha value is -1.58. The van der Waals surface area contributed by atoms with Crippen LogP contribution in [0.1, 0.15) is 12.0 Å². The lowest BCUT2D eigenvalue weighted by Gasteiger charge is -2.34. The summed E-state index contributed by atoms with van der Waals surface area (Å²) in [5, 5.41) is 3.39. The zero-order chi connectivity index (χ0) is 20.1. The van der Waals surface area contributed by atoms with Crippen LogP contribution in [0.15, 0.2) is 53.4 Å². The van der Waals surface area contributed by atoms with E-state index >= 15 is 0 Å². The quantitative estimate of drug-likeness (QED) is 0.700. The number of benzene rings is 2. The van der Waals surface area contributed by atoms with E-state index in [-0.39, 0.29) is 19.0 Å². The Labute approximate surface area is 175 Å². The Morgan fingerprint density at radius 1 is 1.14 bits per heavy atom. The summed E-state index contributed by atoms with van der Waals surface area (Å²) >= 11 is 7.47. The topological polar surface area (TPSA) is 69.7 Å². The molecule has 9 heteroatoms. The number of hydrogen-bond donors (Lipinski definition) is 1. The molecule has 0 atom stereocenters. The summed E-state index contributed by atoms with van der Waals surface area (Å²) in [5.74, 6) is -0.352. The van der Waals surface area contributed by atoms with E-state index < -0.39 is 10.2 Å². The normalized spacial score (nSPS) is 17.4. The van der Waals surface area contributed by atoms with E-state index in [1.807, 2.05) is 36.6 Å². The Balaban J connectivity index is 1.65. The molecule has 1 saturated heterocycles. The average Bonchev–Trinajstić information content (AvgIpc) is 2.67. The van der Waals surface area contributed by atoms with Crippen LogP contribution < -0.4 is 5.32 Å². The highest BCUT2D eigenvalue weighted by molar-refractivity contribution is 7.98. The lowest BCUT2D eigenvalue weighted by Crippen LogP contribution is -2.51. The van der Waals surface area contributed by atoms with Crippen molar-refractivity contribution in [1.29, 1.82) is 0 Å². The molecule has 1 N–H and O–H groups in total. The van der Waals surface area contributed by atoms with E-state index in [0.717, 1.165) is 10.5 Å². The summed E-state index contributed by atoms with van der Waals surface area (Å²) < 4.78 is 28.5. The van der Waals surface area contributed by atoms with Crippen LogP contribution in [0.3, 0.4) is 0 Å². The molecule has 6 nitrogen and oxygen atoms in total. The van der Waals surface area contributed by atoms with Crippen molar-refractivity contribution >= 4 is 45.2 Å². The van der Waals surface area contributed by atoms with Gasteiger partial charge in [0.05, 0.1) is 6.54 Å². The second-order valence-corrected chi connectivity index (χ2v) is 9.68. The van der Waals surface area contributed by atoms with Crippen molar-refractivity contribution in [3.8, 4) is 0 Å². The van der Waals surface area contributed by atoms with Gasteiger partial charge in [0, 0.05) is 35.2 Å². The van der Waals surface area contributed by atoms with Gasteiger partial charge in [-0.2, -0.15) is 17.0 Å². The zero-order valence-corrected chi connectivity index (χ0v) is 17.9. The number of hydrogen-bond acceptors (Lipinski definition) is 4. The Morgan fingerprint density at radius 2 is 1.86 bits per heavy atom. The zero-order valence-electron chi connectivity index (χ0n) is 15.5. The molecule has 2 aromatic carbocycles. The molecule has 0 aromatic heterocycles. The molecule has 0 aliphatic carbocycles. The van der Waals surface area contributed by atoms with Gasteiger partial charge in [-0.15, -0.1) is 11.8 Å². The van der Waals surface area contributed by atoms with Gasteiger partial charge in [0.25, 0.3) is 10.2 Å². The van der Waals surface area contributed by atoms with Crippen LogP contribution in [0.2, 0.25) is 5.02 Å². The number of nitrogens with zero attached hydrogens (tertiary/aromatic N) is 2. The predicted molar refractivity (Wildman–Crippen MR) is 114 cm³/mol. The lowest BCUT2D eigenvalue weighted by atomic mass is 10.2. The van der Waals surface area contributed by atoms with E-state index in [4.69, 9.17) is 11.6 Å². The van der Waals surface area contributed by atoms with Gasteiger partial charge in [0.15, 0.2) is 0 Å². The molecule has 0 unspecified atom stereocenters. The first kappa shape index (κ1) is 21.1. The molecule has 1 fully saturated rings. The van der Waals surface area contributed by atoms with Crippen molar-refractivity contribution < 1.29 is 13.2 Å². The summed E-state index contributed by atoms with van der Waals surface area (Å²) in [6.45, 7) is 0.812. The lowest BCUT2D eigenvalue weighted by molar-refractivity contribution is -0.116. The largest absolute Gasteiger partial charge is 0.325 e. The Bertz CT molecular complexity index is 936. The van der Waals surface area contributed by atoms with E-state index in [0.29, 0.717) is 30.2 Å². The van der Waals surface area contributed by atoms with Crippen LogP contribution in [0, 0.1) is 0 Å². The fourth-order valence-electron chi connectivity index (χ4n) is 2.99. The SMILES string of the molecule is CSc1cccc(NC(=O)CN2CCCN(Cc3ccc(Cl)cc3)S2(=O)=O)c1. The van der Waals surface area contributed by atoms with E-state index in [1.165, 1.54) is 8.61 Å². The van der Waals surface area contributed by atoms with Crippen LogP contribution in [-0.4, -0.2) is 48.8 Å². The van der Waals surface area contributed by atoms with Gasteiger partial charge in [-0.25, -0.2) is 0 Å². The van der Waals surface area contributed by atoms with E-state index in [2.05, 4.69) is 5.32 Å². The first-order valence-corrected chi connectivity index (χ1v) is 11.8. The van der Waals surface area contributed by atoms with Gasteiger partial charge in [0.1, 0.15) is 0 Å². The number of carbonyl (C=O) groups excluding carboxylic acids is 1. The number of thioether (sulfide) groups is 1. The van der Waals surface area contributed by atoms with Crippen molar-refractivity contribution in [3.05, 3.63) is 59.1 Å². The summed E-state index contributed by atoms with van der Waals surface area (Å²) in [6.07, 6.45) is 2.62. The highest BCUT2D eigenvalue weighted by atomic mass is 35.5. The summed E-state index contributed by atoms with van der Waals surface area (Å²) in [7, 11) is -3.70. The van der Waals surface area contributed by atoms with Gasteiger partial charge in [-0.05, 0) is 48.6 Å². The molecule has 2 aromatic rings. The molecule has 1 heterocycles. The van der Waals surface area contributed by atoms with E-state index in [1.54, 1.807) is 30.0 Å². The minimum Gasteiger partial charge on any atom is -0.325 e. The van der Waals surface area contributed by atoms with Gasteiger partial charge < -0.3 is 5.32 Å². The third kappa shape index (κ3) is 5.27. The number of halogens is 1. The molecule has 0 radical (unpaired) electrons. The Kier molecular flexibility index (Phi) is 7.00. The van der Waals surface area contributed by atoms with Crippen molar-refractivity contribution in [2.75, 3.05) is 31.2 Å². The highest BCUT2D eigenvalue weighted by Gasteiger charge is 2.34. The maximum atomic E-state index is 12.9. The minimum atomic E-state index is -3.70. The molecule has 0 spiro atoms. The van der Waals surface area contributed by atoms with Crippen molar-refractivity contribution in [2.45, 2.75) is 17.9 Å². The van der Waals surface area contributed by atoms with Crippen LogP contribution in [0.5, 0.6) is 0 Å². The summed E-state index contributed by atoms with van der Waals surface area (Å²) in [6, 6.07) is 14.5. The first-order valence-electron chi connectivity index (χ1n) is 8.82. The second kappa shape index (κ2) is 9.28. The smallest absolute Gasteiger partial charge is 0.282 e. The molecule has 0 bridgehead atoms. The minimum absolute atomic E-state index is 0.205. The number of amides is 1. The van der Waals surface area contributed by atoms with Crippen LogP contribution >= 0.6 is 23.4 Å². The fraction of sp³-hybridized carbons (Fsp3) is 0.316. The predicted octanol–water partition coefficient (Wildman–Crippen LogP) is 3.45. The second-order valence-electron chi connectivity index (χ2n) is 6.44. The number of nitrogens with one attached hydrogen (secondary N) is 1. The van der Waals surface area contributed by atoms with E-state index in [9.17, 15) is 13.2 Å². The maximum absolute atomic E-state index is 12.9. The van der Waals surface area contributed by atoms with Crippen LogP contribution in [-0.2, 0) is 21.5 Å². The molecule has 150 valence electrons. The Morgan fingerprint density at radius 3 is 2.57 bits per heavy atom. The number of rotatable bonds is 6. The summed E-state index contributed by atoms with van der Waals surface area (Å²) in [5.41, 5.74) is 1.51. The molecule has 28 heavy (non-hydrogen) atoms. The van der Waals surface area contributed by atoms with Gasteiger partial charge in [-0.3, -0.25) is 4.79 Å². The molecule has 0 saturated carbocycles. The number of anilines is 1. The number of carbonyl (C=O) groups is 1. The van der Waals surface area contributed by atoms with Crippen molar-refractivity contribution in [1.82, 2.24) is 8.61 Å². The highest BCUT2D eigenvalue weighted by Crippen LogP contribution is 2.21. The summed E-state index contributed by atoms with van der Waals surface area (Å²) in [4.78, 5) is 13.4. The average molecular weight is 440 g/mol. The van der Waals surface area contributed by atoms with Crippen LogP contribution in [0.25, 0.3) is 0 Å². The van der Waals surface area contributed by atoms with Crippen LogP contribution in [0.4, 0.5) is 5.69 Å². The monoisotopic (exact) mass is 439 g/mol. The molecule has 1 aliphatic heterocycles. The van der Waals surface area contributed by atoms with Crippen molar-refractivity contribution in [3.63, 3.8) is 0 Å². The van der Waals surface area contributed by atoms with Gasteiger partial charge in [-0.1, -0.05) is 29.8 Å². The maximum Gasteiger partial charge on any atom is 0.282 e. The molecule has 1 aliphatic rings. The third-order valence-electron chi connectivity index (χ3n) is 4.41. The fourth-order valence-corrected chi connectivity index (χ4v) is 5.22. The van der Waals surface area contributed by atoms with Gasteiger partial charge in [0.2, 0.25) is 5.91 Å². The molecule has 3 rings (SSSR count). The molecule has 1 amide bonds. The first-order chi connectivity index (χ1) is 13.4. The standard InChI is InChI=1S/C19H22ClN3O3S2/c1-27-18-5-2-4-17(12-18)21-19(24)14-23-11-3-10-22(28(23,25)26)13-15-6-8-16(20)9-7-15/h2,4-9,12H,3,10-11,13-14H2,1H3,(H,21,24). The molecular formula is C19H22ClN3O3S2. The van der Waals surface area contributed by atoms with Gasteiger partial charge >= 0.3 is 0 Å². The third-order valence-corrected chi connectivity index (χ3v) is 7.32. The molecular weight excluding hydrogens is 418 g/mol. The van der Waals surface area contributed by atoms with Crippen molar-refractivity contribution in [2.24, 2.45) is 0 Å².